The number of aromatic nitrogens is 2. The van der Waals surface area contributed by atoms with Crippen LogP contribution in [0, 0.1) is 0 Å². The van der Waals surface area contributed by atoms with Gasteiger partial charge in [0.1, 0.15) is 5.82 Å². The number of nitrogens with one attached hydrogen (secondary N) is 1. The van der Waals surface area contributed by atoms with Gasteiger partial charge < -0.3 is 10.1 Å². The fraction of sp³-hybridized carbons (Fsp3) is 0.550. The molecule has 1 atom stereocenters. The first-order valence-corrected chi connectivity index (χ1v) is 9.36. The predicted molar refractivity (Wildman–Crippen MR) is 103 cm³/mol. The second kappa shape index (κ2) is 10.1. The Morgan fingerprint density at radius 2 is 2.04 bits per heavy atom. The number of ether oxygens (including phenoxy) is 1. The number of fused-ring (bicyclic) bond motifs is 1. The minimum absolute atomic E-state index is 0.00528. The van der Waals surface area contributed by atoms with Crippen LogP contribution in [0.25, 0.3) is 10.9 Å². The van der Waals surface area contributed by atoms with E-state index in [2.05, 4.69) is 17.2 Å². The lowest BCUT2D eigenvalue weighted by Gasteiger charge is -2.19. The van der Waals surface area contributed by atoms with Gasteiger partial charge in [0, 0.05) is 13.5 Å². The third kappa shape index (κ3) is 5.14. The van der Waals surface area contributed by atoms with E-state index >= 15 is 0 Å². The molecule has 6 nitrogen and oxygen atoms in total. The molecule has 0 spiro atoms. The highest BCUT2D eigenvalue weighted by Crippen LogP contribution is 2.14. The van der Waals surface area contributed by atoms with E-state index in [1.165, 1.54) is 0 Å². The van der Waals surface area contributed by atoms with Crippen molar-refractivity contribution in [3.63, 3.8) is 0 Å². The molecule has 1 N–H and O–H groups in total. The molecule has 2 aromatic rings. The largest absolute Gasteiger partial charge is 0.383 e. The van der Waals surface area contributed by atoms with Crippen molar-refractivity contribution < 1.29 is 9.53 Å². The highest BCUT2D eigenvalue weighted by molar-refractivity contribution is 5.78. The standard InChI is InChI=1S/C20H29N3O3/c1-4-5-6-7-12-18(24)21-15(2)19-22-17-11-9-8-10-16(17)20(25)23(19)13-14-26-3/h8-11,15H,4-7,12-14H2,1-3H3,(H,21,24). The number of hydrogen-bond acceptors (Lipinski definition) is 4. The molecule has 6 heteroatoms. The topological polar surface area (TPSA) is 73.2 Å². The van der Waals surface area contributed by atoms with Gasteiger partial charge in [-0.1, -0.05) is 38.3 Å². The Kier molecular flexibility index (Phi) is 7.78. The lowest BCUT2D eigenvalue weighted by Crippen LogP contribution is -2.34. The second-order valence-corrected chi connectivity index (χ2v) is 6.54. The van der Waals surface area contributed by atoms with Crippen molar-refractivity contribution >= 4 is 16.8 Å². The van der Waals surface area contributed by atoms with Gasteiger partial charge in [-0.2, -0.15) is 0 Å². The van der Waals surface area contributed by atoms with Crippen LogP contribution in [0.5, 0.6) is 0 Å². The van der Waals surface area contributed by atoms with Gasteiger partial charge in [0.15, 0.2) is 0 Å². The van der Waals surface area contributed by atoms with Gasteiger partial charge in [0.25, 0.3) is 5.56 Å². The zero-order valence-electron chi connectivity index (χ0n) is 16.0. The van der Waals surface area contributed by atoms with Crippen LogP contribution in [0.15, 0.2) is 29.1 Å². The summed E-state index contributed by atoms with van der Waals surface area (Å²) in [7, 11) is 1.60. The van der Waals surface area contributed by atoms with Crippen molar-refractivity contribution in [2.75, 3.05) is 13.7 Å². The number of hydrogen-bond donors (Lipinski definition) is 1. The smallest absolute Gasteiger partial charge is 0.261 e. The van der Waals surface area contributed by atoms with Crippen LogP contribution in [0.4, 0.5) is 0 Å². The van der Waals surface area contributed by atoms with Crippen LogP contribution >= 0.6 is 0 Å². The molecule has 1 aromatic carbocycles. The Hall–Kier alpha value is -2.21. The van der Waals surface area contributed by atoms with Crippen molar-refractivity contribution in [2.24, 2.45) is 0 Å². The predicted octanol–water partition coefficient (Wildman–Crippen LogP) is 3.19. The number of amides is 1. The summed E-state index contributed by atoms with van der Waals surface area (Å²) in [6.07, 6.45) is 4.73. The van der Waals surface area contributed by atoms with E-state index in [4.69, 9.17) is 4.74 Å². The average molecular weight is 359 g/mol. The summed E-state index contributed by atoms with van der Waals surface area (Å²) in [5, 5.41) is 3.55. The molecule has 0 saturated heterocycles. The van der Waals surface area contributed by atoms with Gasteiger partial charge in [0.2, 0.25) is 5.91 Å². The van der Waals surface area contributed by atoms with E-state index in [1.807, 2.05) is 25.1 Å². The Labute approximate surface area is 154 Å². The molecular formula is C20H29N3O3. The molecule has 0 fully saturated rings. The average Bonchev–Trinajstić information content (AvgIpc) is 2.64. The molecule has 0 saturated carbocycles. The lowest BCUT2D eigenvalue weighted by molar-refractivity contribution is -0.121. The molecule has 142 valence electrons. The van der Waals surface area contributed by atoms with Crippen molar-refractivity contribution in [3.8, 4) is 0 Å². The lowest BCUT2D eigenvalue weighted by atomic mass is 10.1. The van der Waals surface area contributed by atoms with E-state index in [9.17, 15) is 9.59 Å². The number of benzene rings is 1. The summed E-state index contributed by atoms with van der Waals surface area (Å²) < 4.78 is 6.73. The second-order valence-electron chi connectivity index (χ2n) is 6.54. The number of unbranched alkanes of at least 4 members (excludes halogenated alkanes) is 3. The first kappa shape index (κ1) is 20.1. The zero-order chi connectivity index (χ0) is 18.9. The summed E-state index contributed by atoms with van der Waals surface area (Å²) in [4.78, 5) is 29.7. The molecule has 0 radical (unpaired) electrons. The molecule has 0 aliphatic rings. The fourth-order valence-electron chi connectivity index (χ4n) is 3.00. The molecule has 1 unspecified atom stereocenters. The van der Waals surface area contributed by atoms with Gasteiger partial charge in [-0.3, -0.25) is 14.2 Å². The Morgan fingerprint density at radius 3 is 2.77 bits per heavy atom. The van der Waals surface area contributed by atoms with Crippen molar-refractivity contribution in [3.05, 3.63) is 40.4 Å². The maximum atomic E-state index is 12.8. The van der Waals surface area contributed by atoms with E-state index < -0.39 is 0 Å². The summed E-state index contributed by atoms with van der Waals surface area (Å²) in [6.45, 7) is 4.82. The maximum Gasteiger partial charge on any atom is 0.261 e. The summed E-state index contributed by atoms with van der Waals surface area (Å²) in [6, 6.07) is 6.93. The number of carbonyl (C=O) groups excluding carboxylic acids is 1. The van der Waals surface area contributed by atoms with Crippen molar-refractivity contribution in [2.45, 2.75) is 58.5 Å². The monoisotopic (exact) mass is 359 g/mol. The molecule has 0 aliphatic heterocycles. The molecule has 0 bridgehead atoms. The third-order valence-electron chi connectivity index (χ3n) is 4.43. The van der Waals surface area contributed by atoms with Gasteiger partial charge in [0.05, 0.1) is 30.1 Å². The van der Waals surface area contributed by atoms with Crippen LogP contribution in [0.2, 0.25) is 0 Å². The number of rotatable bonds is 10. The maximum absolute atomic E-state index is 12.8. The summed E-state index contributed by atoms with van der Waals surface area (Å²) in [5.41, 5.74) is 0.539. The first-order valence-electron chi connectivity index (χ1n) is 9.36. The van der Waals surface area contributed by atoms with E-state index in [0.717, 1.165) is 25.7 Å². The molecule has 1 aromatic heterocycles. The quantitative estimate of drug-likeness (QED) is 0.661. The number of carbonyl (C=O) groups is 1. The van der Waals surface area contributed by atoms with E-state index in [0.29, 0.717) is 36.3 Å². The summed E-state index contributed by atoms with van der Waals surface area (Å²) >= 11 is 0. The highest BCUT2D eigenvalue weighted by Gasteiger charge is 2.18. The SMILES string of the molecule is CCCCCCC(=O)NC(C)c1nc2ccccc2c(=O)n1CCOC. The minimum Gasteiger partial charge on any atom is -0.383 e. The molecule has 1 heterocycles. The van der Waals surface area contributed by atoms with E-state index in [-0.39, 0.29) is 17.5 Å². The van der Waals surface area contributed by atoms with Gasteiger partial charge >= 0.3 is 0 Å². The molecular weight excluding hydrogens is 330 g/mol. The Bertz CT molecular complexity index is 785. The summed E-state index contributed by atoms with van der Waals surface area (Å²) in [5.74, 6) is 0.557. The zero-order valence-corrected chi connectivity index (χ0v) is 16.0. The Balaban J connectivity index is 2.22. The third-order valence-corrected chi connectivity index (χ3v) is 4.43. The van der Waals surface area contributed by atoms with Gasteiger partial charge in [-0.05, 0) is 25.5 Å². The van der Waals surface area contributed by atoms with Crippen LogP contribution in [0.1, 0.15) is 57.8 Å². The van der Waals surface area contributed by atoms with Crippen LogP contribution in [0.3, 0.4) is 0 Å². The van der Waals surface area contributed by atoms with E-state index in [1.54, 1.807) is 17.7 Å². The molecule has 0 aliphatic carbocycles. The van der Waals surface area contributed by atoms with Crippen molar-refractivity contribution in [1.29, 1.82) is 0 Å². The fourth-order valence-corrected chi connectivity index (χ4v) is 3.00. The van der Waals surface area contributed by atoms with Crippen molar-refractivity contribution in [1.82, 2.24) is 14.9 Å². The highest BCUT2D eigenvalue weighted by atomic mass is 16.5. The van der Waals surface area contributed by atoms with Crippen LogP contribution < -0.4 is 10.9 Å². The number of nitrogens with zero attached hydrogens (tertiary/aromatic N) is 2. The first-order chi connectivity index (χ1) is 12.6. The number of methoxy groups -OCH3 is 1. The Morgan fingerprint density at radius 1 is 1.27 bits per heavy atom. The van der Waals surface area contributed by atoms with Gasteiger partial charge in [-0.25, -0.2) is 4.98 Å². The molecule has 1 amide bonds. The molecule has 26 heavy (non-hydrogen) atoms. The number of para-hydroxylation sites is 1. The van der Waals surface area contributed by atoms with Crippen LogP contribution in [-0.2, 0) is 16.1 Å². The normalized spacial score (nSPS) is 12.3. The van der Waals surface area contributed by atoms with Gasteiger partial charge in [-0.15, -0.1) is 0 Å². The van der Waals surface area contributed by atoms with Crippen LogP contribution in [-0.4, -0.2) is 29.2 Å². The minimum atomic E-state index is -0.345. The molecule has 2 rings (SSSR count).